The summed E-state index contributed by atoms with van der Waals surface area (Å²) in [4.78, 5) is 15.6. The zero-order valence-corrected chi connectivity index (χ0v) is 14.6. The number of nitrogens with one attached hydrogen (secondary N) is 2. The van der Waals surface area contributed by atoms with E-state index in [0.717, 1.165) is 12.1 Å². The molecule has 1 heterocycles. The number of oxazole rings is 1. The van der Waals surface area contributed by atoms with Gasteiger partial charge < -0.3 is 15.1 Å². The van der Waals surface area contributed by atoms with E-state index in [9.17, 15) is 13.6 Å². The third kappa shape index (κ3) is 6.43. The Morgan fingerprint density at radius 3 is 2.67 bits per heavy atom. The van der Waals surface area contributed by atoms with Gasteiger partial charge >= 0.3 is 0 Å². The van der Waals surface area contributed by atoms with Gasteiger partial charge in [-0.3, -0.25) is 4.79 Å². The maximum Gasteiger partial charge on any atom is 0.220 e. The first-order valence-corrected chi connectivity index (χ1v) is 6.91. The average Bonchev–Trinajstić information content (AvgIpc) is 2.94. The van der Waals surface area contributed by atoms with E-state index in [1.807, 2.05) is 0 Å². The Labute approximate surface area is 151 Å². The second-order valence-electron chi connectivity index (χ2n) is 4.70. The maximum absolute atomic E-state index is 13.6. The molecule has 0 unspecified atom stereocenters. The molecule has 0 fully saturated rings. The smallest absolute Gasteiger partial charge is 0.220 e. The van der Waals surface area contributed by atoms with Gasteiger partial charge in [-0.2, -0.15) is 0 Å². The number of nitrogens with zero attached hydrogens (tertiary/aromatic N) is 1. The van der Waals surface area contributed by atoms with Crippen molar-refractivity contribution in [2.24, 2.45) is 0 Å². The van der Waals surface area contributed by atoms with Gasteiger partial charge in [-0.15, -0.1) is 24.8 Å². The van der Waals surface area contributed by atoms with Gasteiger partial charge in [0.05, 0.1) is 11.8 Å². The van der Waals surface area contributed by atoms with Crippen LogP contribution in [0, 0.1) is 11.6 Å². The molecule has 1 amide bonds. The van der Waals surface area contributed by atoms with E-state index in [2.05, 4.69) is 15.6 Å². The van der Waals surface area contributed by atoms with Crippen molar-refractivity contribution in [2.45, 2.75) is 12.8 Å². The molecule has 2 N–H and O–H groups in total. The van der Waals surface area contributed by atoms with Crippen molar-refractivity contribution in [3.05, 3.63) is 41.9 Å². The Hall–Kier alpha value is -1.70. The number of hydrogen-bond acceptors (Lipinski definition) is 4. The Morgan fingerprint density at radius 2 is 2.00 bits per heavy atom. The fraction of sp³-hybridized carbons (Fsp3) is 0.333. The van der Waals surface area contributed by atoms with Crippen LogP contribution in [0.2, 0.25) is 0 Å². The Balaban J connectivity index is 0.00000264. The lowest BCUT2D eigenvalue weighted by Gasteiger charge is -2.03. The molecule has 2 rings (SSSR count). The summed E-state index contributed by atoms with van der Waals surface area (Å²) in [5.74, 6) is -0.930. The number of likely N-dealkylation sites (N-methyl/N-ethyl adjacent to an activating group) is 1. The van der Waals surface area contributed by atoms with Crippen molar-refractivity contribution >= 4 is 30.7 Å². The van der Waals surface area contributed by atoms with E-state index in [0.29, 0.717) is 25.4 Å². The third-order valence-electron chi connectivity index (χ3n) is 3.01. The summed E-state index contributed by atoms with van der Waals surface area (Å²) in [7, 11) is 1.80. The highest BCUT2D eigenvalue weighted by molar-refractivity contribution is 5.85. The summed E-state index contributed by atoms with van der Waals surface area (Å²) < 4.78 is 31.9. The highest BCUT2D eigenvalue weighted by Gasteiger charge is 2.12. The molecule has 0 saturated heterocycles. The lowest BCUT2D eigenvalue weighted by Crippen LogP contribution is -2.30. The minimum Gasteiger partial charge on any atom is -0.441 e. The quantitative estimate of drug-likeness (QED) is 0.723. The van der Waals surface area contributed by atoms with Crippen LogP contribution in [0.15, 0.2) is 28.8 Å². The van der Waals surface area contributed by atoms with E-state index in [1.54, 1.807) is 7.05 Å². The number of carbonyl (C=O) groups is 1. The van der Waals surface area contributed by atoms with E-state index in [-0.39, 0.29) is 48.5 Å². The molecule has 134 valence electrons. The van der Waals surface area contributed by atoms with Gasteiger partial charge in [-0.05, 0) is 19.2 Å². The van der Waals surface area contributed by atoms with Gasteiger partial charge in [0.2, 0.25) is 5.91 Å². The van der Waals surface area contributed by atoms with Gasteiger partial charge in [0.25, 0.3) is 0 Å². The highest BCUT2D eigenvalue weighted by atomic mass is 35.5. The largest absolute Gasteiger partial charge is 0.441 e. The zero-order chi connectivity index (χ0) is 15.9. The minimum absolute atomic E-state index is 0. The molecular formula is C15H19Cl2F2N3O2. The first kappa shape index (κ1) is 22.3. The molecule has 0 radical (unpaired) electrons. The van der Waals surface area contributed by atoms with Crippen molar-refractivity contribution in [1.29, 1.82) is 0 Å². The number of benzene rings is 1. The van der Waals surface area contributed by atoms with Crippen LogP contribution < -0.4 is 10.6 Å². The SMILES string of the molecule is CNCCNC(=O)CCc1ncc(-c2ccc(F)cc2F)o1.Cl.Cl. The van der Waals surface area contributed by atoms with Crippen LogP contribution in [0.1, 0.15) is 12.3 Å². The molecular weight excluding hydrogens is 363 g/mol. The lowest BCUT2D eigenvalue weighted by molar-refractivity contribution is -0.121. The Bertz CT molecular complexity index is 653. The first-order chi connectivity index (χ1) is 10.6. The van der Waals surface area contributed by atoms with Crippen molar-refractivity contribution < 1.29 is 18.0 Å². The predicted octanol–water partition coefficient (Wildman–Crippen LogP) is 2.73. The third-order valence-corrected chi connectivity index (χ3v) is 3.01. The summed E-state index contributed by atoms with van der Waals surface area (Å²) in [6.45, 7) is 1.24. The fourth-order valence-corrected chi connectivity index (χ4v) is 1.88. The van der Waals surface area contributed by atoms with Gasteiger partial charge in [-0.1, -0.05) is 0 Å². The average molecular weight is 382 g/mol. The maximum atomic E-state index is 13.6. The molecule has 0 aliphatic heterocycles. The van der Waals surface area contributed by atoms with E-state index in [4.69, 9.17) is 4.42 Å². The summed E-state index contributed by atoms with van der Waals surface area (Å²) in [5, 5.41) is 5.65. The molecule has 24 heavy (non-hydrogen) atoms. The summed E-state index contributed by atoms with van der Waals surface area (Å²) in [6.07, 6.45) is 1.91. The van der Waals surface area contributed by atoms with Crippen LogP contribution in [0.4, 0.5) is 8.78 Å². The Morgan fingerprint density at radius 1 is 1.25 bits per heavy atom. The standard InChI is InChI=1S/C15H17F2N3O2.2ClH/c1-18-6-7-19-14(21)4-5-15-20-9-13(22-15)11-3-2-10(16)8-12(11)17;;/h2-3,8-9,18H,4-7H2,1H3,(H,19,21);2*1H. The van der Waals surface area contributed by atoms with Crippen LogP contribution in [0.3, 0.4) is 0 Å². The van der Waals surface area contributed by atoms with Gasteiger partial charge in [-0.25, -0.2) is 13.8 Å². The van der Waals surface area contributed by atoms with Gasteiger partial charge in [0.15, 0.2) is 11.7 Å². The first-order valence-electron chi connectivity index (χ1n) is 6.91. The van der Waals surface area contributed by atoms with E-state index >= 15 is 0 Å². The number of hydrogen-bond donors (Lipinski definition) is 2. The molecule has 0 spiro atoms. The van der Waals surface area contributed by atoms with Crippen LogP contribution in [0.5, 0.6) is 0 Å². The predicted molar refractivity (Wildman–Crippen MR) is 91.6 cm³/mol. The normalized spacial score (nSPS) is 9.79. The molecule has 0 aliphatic carbocycles. The topological polar surface area (TPSA) is 67.2 Å². The molecule has 0 bridgehead atoms. The second-order valence-corrected chi connectivity index (χ2v) is 4.70. The summed E-state index contributed by atoms with van der Waals surface area (Å²) in [5.41, 5.74) is 0.138. The van der Waals surface area contributed by atoms with Gasteiger partial charge in [0.1, 0.15) is 11.6 Å². The molecule has 1 aromatic carbocycles. The molecule has 0 atom stereocenters. The zero-order valence-electron chi connectivity index (χ0n) is 13.0. The summed E-state index contributed by atoms with van der Waals surface area (Å²) >= 11 is 0. The number of carbonyl (C=O) groups excluding carboxylic acids is 1. The number of rotatable bonds is 7. The highest BCUT2D eigenvalue weighted by Crippen LogP contribution is 2.24. The molecule has 5 nitrogen and oxygen atoms in total. The molecule has 9 heteroatoms. The van der Waals surface area contributed by atoms with E-state index in [1.165, 1.54) is 12.3 Å². The number of amides is 1. The van der Waals surface area contributed by atoms with Crippen molar-refractivity contribution in [3.63, 3.8) is 0 Å². The number of aromatic nitrogens is 1. The lowest BCUT2D eigenvalue weighted by atomic mass is 10.2. The van der Waals surface area contributed by atoms with Gasteiger partial charge in [0, 0.05) is 32.0 Å². The number of halogens is 4. The van der Waals surface area contributed by atoms with Crippen molar-refractivity contribution in [3.8, 4) is 11.3 Å². The molecule has 0 saturated carbocycles. The number of aryl methyl sites for hydroxylation is 1. The van der Waals surface area contributed by atoms with Crippen LogP contribution in [-0.2, 0) is 11.2 Å². The van der Waals surface area contributed by atoms with Crippen molar-refractivity contribution in [2.75, 3.05) is 20.1 Å². The molecule has 0 aliphatic rings. The van der Waals surface area contributed by atoms with Crippen LogP contribution in [0.25, 0.3) is 11.3 Å². The summed E-state index contributed by atoms with van der Waals surface area (Å²) in [6, 6.07) is 3.22. The second kappa shape index (κ2) is 11.0. The fourth-order valence-electron chi connectivity index (χ4n) is 1.88. The monoisotopic (exact) mass is 381 g/mol. The molecule has 1 aromatic heterocycles. The van der Waals surface area contributed by atoms with E-state index < -0.39 is 11.6 Å². The Kier molecular flexibility index (Phi) is 10.2. The van der Waals surface area contributed by atoms with Crippen LogP contribution >= 0.6 is 24.8 Å². The minimum atomic E-state index is -0.715. The van der Waals surface area contributed by atoms with Crippen LogP contribution in [-0.4, -0.2) is 31.0 Å². The molecule has 2 aromatic rings. The van der Waals surface area contributed by atoms with Crippen molar-refractivity contribution in [1.82, 2.24) is 15.6 Å².